The molecule has 25 heavy (non-hydrogen) atoms. The van der Waals surface area contributed by atoms with Crippen LogP contribution in [0.25, 0.3) is 10.8 Å². The number of benzene rings is 1. The second-order valence-corrected chi connectivity index (χ2v) is 6.12. The summed E-state index contributed by atoms with van der Waals surface area (Å²) in [5, 5.41) is 7.06. The van der Waals surface area contributed by atoms with Crippen molar-refractivity contribution in [2.24, 2.45) is 7.05 Å². The number of hydrogen-bond donors (Lipinski definition) is 2. The van der Waals surface area contributed by atoms with Crippen molar-refractivity contribution >= 4 is 22.5 Å². The summed E-state index contributed by atoms with van der Waals surface area (Å²) in [6, 6.07) is 10.7. The van der Waals surface area contributed by atoms with Crippen molar-refractivity contribution in [1.82, 2.24) is 9.88 Å². The van der Waals surface area contributed by atoms with Gasteiger partial charge in [-0.3, -0.25) is 4.79 Å². The maximum atomic E-state index is 12.3. The first-order valence-electron chi connectivity index (χ1n) is 8.23. The fourth-order valence-corrected chi connectivity index (χ4v) is 2.78. The first kappa shape index (κ1) is 16.8. The van der Waals surface area contributed by atoms with Gasteiger partial charge in [0.25, 0.3) is 5.56 Å². The number of aromatic nitrogens is 1. The van der Waals surface area contributed by atoms with Gasteiger partial charge in [0.2, 0.25) is 0 Å². The van der Waals surface area contributed by atoms with Crippen LogP contribution < -0.4 is 16.2 Å². The number of hydrogen-bond acceptors (Lipinski definition) is 3. The minimum atomic E-state index is -0.296. The quantitative estimate of drug-likeness (QED) is 0.749. The maximum absolute atomic E-state index is 12.3. The predicted octanol–water partition coefficient (Wildman–Crippen LogP) is 3.27. The zero-order valence-electron chi connectivity index (χ0n) is 14.3. The monoisotopic (exact) mass is 339 g/mol. The molecule has 130 valence electrons. The first-order valence-corrected chi connectivity index (χ1v) is 8.23. The van der Waals surface area contributed by atoms with E-state index in [-0.39, 0.29) is 17.6 Å². The lowest BCUT2D eigenvalue weighted by molar-refractivity contribution is 0.248. The van der Waals surface area contributed by atoms with Gasteiger partial charge in [-0.05, 0) is 31.5 Å². The minimum absolute atomic E-state index is 0.0103. The lowest BCUT2D eigenvalue weighted by Crippen LogP contribution is -2.36. The molecule has 0 spiro atoms. The van der Waals surface area contributed by atoms with Crippen molar-refractivity contribution < 1.29 is 9.21 Å². The molecule has 0 fully saturated rings. The third-order valence-corrected chi connectivity index (χ3v) is 4.12. The molecule has 0 aliphatic heterocycles. The molecule has 1 aromatic carbocycles. The number of carbonyl (C=O) groups excluding carboxylic acids is 1. The van der Waals surface area contributed by atoms with Crippen LogP contribution in [-0.2, 0) is 13.5 Å². The molecule has 6 heteroatoms. The lowest BCUT2D eigenvalue weighted by atomic mass is 10.1. The van der Waals surface area contributed by atoms with Crippen LogP contribution in [0.1, 0.15) is 19.1 Å². The molecule has 1 atom stereocenters. The molecule has 0 bridgehead atoms. The maximum Gasteiger partial charge on any atom is 0.319 e. The van der Waals surface area contributed by atoms with E-state index in [4.69, 9.17) is 4.42 Å². The molecular weight excluding hydrogens is 318 g/mol. The molecule has 0 saturated heterocycles. The van der Waals surface area contributed by atoms with Crippen molar-refractivity contribution in [3.8, 4) is 0 Å². The number of rotatable bonds is 5. The van der Waals surface area contributed by atoms with Gasteiger partial charge in [0.1, 0.15) is 5.76 Å². The van der Waals surface area contributed by atoms with Crippen LogP contribution in [0, 0.1) is 0 Å². The highest BCUT2D eigenvalue weighted by Gasteiger charge is 2.12. The summed E-state index contributed by atoms with van der Waals surface area (Å²) >= 11 is 0. The molecule has 0 radical (unpaired) electrons. The zero-order valence-corrected chi connectivity index (χ0v) is 14.3. The Morgan fingerprint density at radius 3 is 2.68 bits per heavy atom. The van der Waals surface area contributed by atoms with Crippen LogP contribution in [0.15, 0.2) is 58.1 Å². The molecule has 2 aromatic heterocycles. The Bertz CT molecular complexity index is 929. The summed E-state index contributed by atoms with van der Waals surface area (Å²) in [6.07, 6.45) is 4.81. The largest absolute Gasteiger partial charge is 0.469 e. The smallest absolute Gasteiger partial charge is 0.319 e. The molecule has 0 unspecified atom stereocenters. The molecule has 6 nitrogen and oxygen atoms in total. The van der Waals surface area contributed by atoms with E-state index in [0.29, 0.717) is 11.1 Å². The van der Waals surface area contributed by atoms with Crippen molar-refractivity contribution in [2.75, 3.05) is 5.32 Å². The Balaban J connectivity index is 1.67. The molecule has 0 aliphatic rings. The van der Waals surface area contributed by atoms with Gasteiger partial charge in [0.15, 0.2) is 0 Å². The van der Waals surface area contributed by atoms with E-state index in [9.17, 15) is 9.59 Å². The Labute approximate surface area is 145 Å². The summed E-state index contributed by atoms with van der Waals surface area (Å²) in [5.74, 6) is 0.901. The van der Waals surface area contributed by atoms with Crippen LogP contribution in [0.2, 0.25) is 0 Å². The number of aryl methyl sites for hydroxylation is 2. The summed E-state index contributed by atoms with van der Waals surface area (Å²) in [4.78, 5) is 24.5. The third kappa shape index (κ3) is 3.91. The summed E-state index contributed by atoms with van der Waals surface area (Å²) < 4.78 is 6.77. The van der Waals surface area contributed by atoms with Crippen LogP contribution in [0.3, 0.4) is 0 Å². The topological polar surface area (TPSA) is 76.3 Å². The fourth-order valence-electron chi connectivity index (χ4n) is 2.78. The fraction of sp³-hybridized carbons (Fsp3) is 0.263. The standard InChI is InChI=1S/C19H21N3O3/c1-13(9-10-14-6-5-11-25-14)20-19(24)21-17-12-22(2)18(23)16-8-4-3-7-15(16)17/h3-8,11-13H,9-10H2,1-2H3,(H2,20,21,24)/t13-/m0/s1. The molecule has 2 amide bonds. The van der Waals surface area contributed by atoms with Crippen LogP contribution in [-0.4, -0.2) is 16.6 Å². The second-order valence-electron chi connectivity index (χ2n) is 6.12. The van der Waals surface area contributed by atoms with Crippen LogP contribution in [0.5, 0.6) is 0 Å². The van der Waals surface area contributed by atoms with E-state index in [0.717, 1.165) is 24.0 Å². The highest BCUT2D eigenvalue weighted by molar-refractivity contribution is 6.00. The van der Waals surface area contributed by atoms with Gasteiger partial charge in [0, 0.05) is 36.5 Å². The van der Waals surface area contributed by atoms with Gasteiger partial charge >= 0.3 is 6.03 Å². The molecular formula is C19H21N3O3. The van der Waals surface area contributed by atoms with Crippen LogP contribution in [0.4, 0.5) is 10.5 Å². The van der Waals surface area contributed by atoms with Crippen molar-refractivity contribution in [2.45, 2.75) is 25.8 Å². The number of urea groups is 1. The van der Waals surface area contributed by atoms with E-state index in [1.165, 1.54) is 4.57 Å². The van der Waals surface area contributed by atoms with Crippen molar-refractivity contribution in [3.63, 3.8) is 0 Å². The number of nitrogens with zero attached hydrogens (tertiary/aromatic N) is 1. The number of amides is 2. The summed E-state index contributed by atoms with van der Waals surface area (Å²) in [5.41, 5.74) is 0.516. The molecule has 3 aromatic rings. The van der Waals surface area contributed by atoms with E-state index < -0.39 is 0 Å². The average molecular weight is 339 g/mol. The zero-order chi connectivity index (χ0) is 17.8. The number of nitrogens with one attached hydrogen (secondary N) is 2. The number of furan rings is 1. The number of fused-ring (bicyclic) bond motifs is 1. The van der Waals surface area contributed by atoms with E-state index in [1.807, 2.05) is 37.3 Å². The SMILES string of the molecule is C[C@@H](CCc1ccco1)NC(=O)Nc1cn(C)c(=O)c2ccccc12. The van der Waals surface area contributed by atoms with Crippen molar-refractivity contribution in [1.29, 1.82) is 0 Å². The highest BCUT2D eigenvalue weighted by Crippen LogP contribution is 2.19. The Kier molecular flexibility index (Phi) is 4.88. The lowest BCUT2D eigenvalue weighted by Gasteiger charge is -2.15. The van der Waals surface area contributed by atoms with Gasteiger partial charge in [-0.15, -0.1) is 0 Å². The average Bonchev–Trinajstić information content (AvgIpc) is 3.11. The summed E-state index contributed by atoms with van der Waals surface area (Å²) in [7, 11) is 1.67. The summed E-state index contributed by atoms with van der Waals surface area (Å²) in [6.45, 7) is 1.95. The van der Waals surface area contributed by atoms with Gasteiger partial charge < -0.3 is 19.6 Å². The van der Waals surface area contributed by atoms with Gasteiger partial charge in [-0.2, -0.15) is 0 Å². The van der Waals surface area contributed by atoms with Gasteiger partial charge in [-0.25, -0.2) is 4.79 Å². The number of anilines is 1. The number of pyridine rings is 1. The third-order valence-electron chi connectivity index (χ3n) is 4.12. The minimum Gasteiger partial charge on any atom is -0.469 e. The van der Waals surface area contributed by atoms with Crippen molar-refractivity contribution in [3.05, 3.63) is 65.0 Å². The molecule has 0 aliphatic carbocycles. The van der Waals surface area contributed by atoms with E-state index in [1.54, 1.807) is 25.6 Å². The highest BCUT2D eigenvalue weighted by atomic mass is 16.3. The van der Waals surface area contributed by atoms with E-state index in [2.05, 4.69) is 10.6 Å². The second kappa shape index (κ2) is 7.25. The van der Waals surface area contributed by atoms with Gasteiger partial charge in [0.05, 0.1) is 12.0 Å². The Hall–Kier alpha value is -3.02. The molecule has 2 N–H and O–H groups in total. The van der Waals surface area contributed by atoms with Gasteiger partial charge in [-0.1, -0.05) is 18.2 Å². The molecule has 3 rings (SSSR count). The predicted molar refractivity (Wildman–Crippen MR) is 97.8 cm³/mol. The van der Waals surface area contributed by atoms with E-state index >= 15 is 0 Å². The Morgan fingerprint density at radius 1 is 1.20 bits per heavy atom. The first-order chi connectivity index (χ1) is 12.0. The Morgan fingerprint density at radius 2 is 1.96 bits per heavy atom. The normalized spacial score (nSPS) is 12.1. The van der Waals surface area contributed by atoms with Crippen LogP contribution >= 0.6 is 0 Å². The molecule has 2 heterocycles. The molecule has 0 saturated carbocycles. The number of carbonyl (C=O) groups is 1.